The molecule has 0 spiro atoms. The van der Waals surface area contributed by atoms with Crippen molar-refractivity contribution < 1.29 is 32.5 Å². The Balaban J connectivity index is 0.000000515. The number of aliphatic carboxylic acids is 1. The molecule has 2 aromatic carbocycles. The molecule has 12 heteroatoms. The number of nitrogens with zero attached hydrogens (tertiary/aromatic N) is 1. The SMILES string of the molecule is CC(=O)[O-].Cc1cc(C#N)ccc1NS(C)(=O)=O.Cc1cc(C[NH3+])ccc1NS(C)(=O)=O. The van der Waals surface area contributed by atoms with E-state index in [0.717, 1.165) is 36.1 Å². The molecule has 0 aliphatic carbocycles. The predicted octanol–water partition coefficient (Wildman–Crippen LogP) is 0.103. The van der Waals surface area contributed by atoms with Crippen LogP contribution in [-0.2, 0) is 31.4 Å². The zero-order valence-corrected chi connectivity index (χ0v) is 20.2. The Labute approximate surface area is 189 Å². The number of quaternary nitrogens is 1. The van der Waals surface area contributed by atoms with Gasteiger partial charge < -0.3 is 15.6 Å². The number of carbonyl (C=O) groups is 1. The lowest BCUT2D eigenvalue weighted by Crippen LogP contribution is -2.47. The maximum Gasteiger partial charge on any atom is 0.229 e. The smallest absolute Gasteiger partial charge is 0.229 e. The van der Waals surface area contributed by atoms with E-state index in [1.165, 1.54) is 0 Å². The molecule has 0 atom stereocenters. The van der Waals surface area contributed by atoms with Gasteiger partial charge in [-0.3, -0.25) is 9.44 Å². The van der Waals surface area contributed by atoms with Crippen molar-refractivity contribution >= 4 is 37.4 Å². The molecule has 0 aliphatic heterocycles. The fraction of sp³-hybridized carbons (Fsp3) is 0.300. The first-order valence-corrected chi connectivity index (χ1v) is 12.9. The van der Waals surface area contributed by atoms with Crippen LogP contribution in [0.25, 0.3) is 0 Å². The number of aryl methyl sites for hydroxylation is 2. The van der Waals surface area contributed by atoms with E-state index in [0.29, 0.717) is 23.5 Å². The predicted molar refractivity (Wildman–Crippen MR) is 121 cm³/mol. The molecular weight excluding hydrogens is 456 g/mol. The van der Waals surface area contributed by atoms with Crippen molar-refractivity contribution in [2.24, 2.45) is 0 Å². The van der Waals surface area contributed by atoms with E-state index in [-0.39, 0.29) is 0 Å². The molecule has 0 unspecified atom stereocenters. The van der Waals surface area contributed by atoms with Crippen molar-refractivity contribution in [3.05, 3.63) is 58.7 Å². The summed E-state index contributed by atoms with van der Waals surface area (Å²) >= 11 is 0. The Kier molecular flexibility index (Phi) is 11.4. The van der Waals surface area contributed by atoms with E-state index in [4.69, 9.17) is 15.2 Å². The van der Waals surface area contributed by atoms with Crippen molar-refractivity contribution in [2.75, 3.05) is 22.0 Å². The lowest BCUT2D eigenvalue weighted by atomic mass is 10.1. The minimum absolute atomic E-state index is 0.506. The Morgan fingerprint density at radius 1 is 0.969 bits per heavy atom. The summed E-state index contributed by atoms with van der Waals surface area (Å²) in [4.78, 5) is 8.89. The maximum atomic E-state index is 11.0. The molecule has 0 radical (unpaired) electrons. The molecule has 2 aromatic rings. The van der Waals surface area contributed by atoms with Crippen LogP contribution in [0.1, 0.15) is 29.2 Å². The number of nitrogens with one attached hydrogen (secondary N) is 2. The Bertz CT molecular complexity index is 1180. The van der Waals surface area contributed by atoms with E-state index in [1.54, 1.807) is 31.2 Å². The van der Waals surface area contributed by atoms with E-state index in [9.17, 15) is 16.8 Å². The molecule has 0 aliphatic rings. The summed E-state index contributed by atoms with van der Waals surface area (Å²) in [5, 5.41) is 17.5. The molecule has 32 heavy (non-hydrogen) atoms. The average molecular weight is 485 g/mol. The van der Waals surface area contributed by atoms with Gasteiger partial charge in [0.2, 0.25) is 20.0 Å². The second kappa shape index (κ2) is 12.7. The minimum atomic E-state index is -3.25. The average Bonchev–Trinajstić information content (AvgIpc) is 2.63. The zero-order chi connectivity index (χ0) is 25.1. The zero-order valence-electron chi connectivity index (χ0n) is 18.6. The Morgan fingerprint density at radius 3 is 1.69 bits per heavy atom. The molecule has 2 rings (SSSR count). The quantitative estimate of drug-likeness (QED) is 0.537. The maximum absolute atomic E-state index is 11.0. The number of hydrogen-bond donors (Lipinski definition) is 3. The van der Waals surface area contributed by atoms with Gasteiger partial charge in [0, 0.05) is 11.5 Å². The number of nitriles is 1. The van der Waals surface area contributed by atoms with Crippen LogP contribution in [0.3, 0.4) is 0 Å². The summed E-state index contributed by atoms with van der Waals surface area (Å²) in [6.45, 7) is 5.29. The van der Waals surface area contributed by atoms with Crippen LogP contribution in [0.4, 0.5) is 11.4 Å². The number of rotatable bonds is 5. The highest BCUT2D eigenvalue weighted by molar-refractivity contribution is 7.92. The first-order chi connectivity index (χ1) is 14.6. The van der Waals surface area contributed by atoms with Gasteiger partial charge in [0.1, 0.15) is 0 Å². The molecule has 0 aromatic heterocycles. The third kappa shape index (κ3) is 13.2. The van der Waals surface area contributed by atoms with Gasteiger partial charge in [-0.25, -0.2) is 16.8 Å². The highest BCUT2D eigenvalue weighted by atomic mass is 32.2. The Morgan fingerprint density at radius 2 is 1.38 bits per heavy atom. The lowest BCUT2D eigenvalue weighted by molar-refractivity contribution is -0.386. The number of sulfonamides is 2. The van der Waals surface area contributed by atoms with Gasteiger partial charge in [0.15, 0.2) is 0 Å². The summed E-state index contributed by atoms with van der Waals surface area (Å²) in [6.07, 6.45) is 2.23. The number of carboxylic acids is 1. The van der Waals surface area contributed by atoms with Crippen LogP contribution in [-0.4, -0.2) is 35.3 Å². The second-order valence-electron chi connectivity index (χ2n) is 6.78. The number of hydrogen-bond acceptors (Lipinski definition) is 7. The van der Waals surface area contributed by atoms with Crippen molar-refractivity contribution in [1.82, 2.24) is 0 Å². The van der Waals surface area contributed by atoms with Crippen molar-refractivity contribution in [1.29, 1.82) is 5.26 Å². The third-order valence-corrected chi connectivity index (χ3v) is 4.71. The van der Waals surface area contributed by atoms with Crippen molar-refractivity contribution in [2.45, 2.75) is 27.3 Å². The standard InChI is InChI=1S/C9H14N2O2S.C9H10N2O2S.C2H4O2/c2*1-7-5-8(6-10)3-4-9(7)11-14(2,12)13;1-2(3)4/h3-5,11H,6,10H2,1-2H3;3-5,11H,1-2H3;1H3,(H,3,4). The summed E-state index contributed by atoms with van der Waals surface area (Å²) in [6, 6.07) is 12.3. The number of benzene rings is 2. The van der Waals surface area contributed by atoms with Gasteiger partial charge in [-0.2, -0.15) is 5.26 Å². The summed E-state index contributed by atoms with van der Waals surface area (Å²) < 4.78 is 48.6. The van der Waals surface area contributed by atoms with Gasteiger partial charge in [-0.1, -0.05) is 6.07 Å². The normalized spacial score (nSPS) is 10.4. The largest absolute Gasteiger partial charge is 0.550 e. The second-order valence-corrected chi connectivity index (χ2v) is 10.3. The van der Waals surface area contributed by atoms with E-state index < -0.39 is 26.0 Å². The fourth-order valence-electron chi connectivity index (χ4n) is 2.24. The van der Waals surface area contributed by atoms with Gasteiger partial charge in [0.25, 0.3) is 0 Å². The molecule has 0 saturated heterocycles. The molecule has 0 bridgehead atoms. The molecule has 0 amide bonds. The van der Waals surface area contributed by atoms with E-state index >= 15 is 0 Å². The molecule has 0 heterocycles. The highest BCUT2D eigenvalue weighted by Gasteiger charge is 2.06. The van der Waals surface area contributed by atoms with Crippen molar-refractivity contribution in [3.8, 4) is 6.07 Å². The topological polar surface area (TPSA) is 184 Å². The first-order valence-electron chi connectivity index (χ1n) is 9.10. The molecule has 5 N–H and O–H groups in total. The van der Waals surface area contributed by atoms with Crippen LogP contribution in [0.15, 0.2) is 36.4 Å². The van der Waals surface area contributed by atoms with Gasteiger partial charge in [0.05, 0.1) is 42.1 Å². The molecule has 0 saturated carbocycles. The van der Waals surface area contributed by atoms with Crippen LogP contribution in [0.5, 0.6) is 0 Å². The molecule has 10 nitrogen and oxygen atoms in total. The third-order valence-electron chi connectivity index (χ3n) is 3.53. The monoisotopic (exact) mass is 484 g/mol. The Hall–Kier alpha value is -3.14. The van der Waals surface area contributed by atoms with E-state index in [2.05, 4.69) is 15.2 Å². The summed E-state index contributed by atoms with van der Waals surface area (Å²) in [5.74, 6) is -1.08. The fourth-order valence-corrected chi connectivity index (χ4v) is 3.50. The number of carbonyl (C=O) groups excluding carboxylic acids is 1. The van der Waals surface area contributed by atoms with Gasteiger partial charge in [-0.05, 0) is 62.2 Å². The summed E-state index contributed by atoms with van der Waals surface area (Å²) in [5.41, 5.74) is 8.16. The highest BCUT2D eigenvalue weighted by Crippen LogP contribution is 2.17. The van der Waals surface area contributed by atoms with Crippen LogP contribution in [0.2, 0.25) is 0 Å². The minimum Gasteiger partial charge on any atom is -0.550 e. The van der Waals surface area contributed by atoms with Gasteiger partial charge in [-0.15, -0.1) is 0 Å². The van der Waals surface area contributed by atoms with Crippen LogP contribution in [0, 0.1) is 25.2 Å². The molecule has 0 fully saturated rings. The van der Waals surface area contributed by atoms with Gasteiger partial charge >= 0.3 is 0 Å². The van der Waals surface area contributed by atoms with Crippen LogP contribution >= 0.6 is 0 Å². The summed E-state index contributed by atoms with van der Waals surface area (Å²) in [7, 11) is -6.44. The van der Waals surface area contributed by atoms with E-state index in [1.807, 2.05) is 25.1 Å². The number of anilines is 2. The first kappa shape index (κ1) is 28.9. The van der Waals surface area contributed by atoms with Crippen LogP contribution < -0.4 is 20.3 Å². The lowest BCUT2D eigenvalue weighted by Gasteiger charge is -2.07. The molecular formula is C20H28N4O6S2. The molecule has 176 valence electrons. The number of carboxylic acid groups (broad SMARTS) is 1. The van der Waals surface area contributed by atoms with Crippen molar-refractivity contribution in [3.63, 3.8) is 0 Å².